The second-order valence-corrected chi connectivity index (χ2v) is 8.19. The van der Waals surface area contributed by atoms with E-state index in [2.05, 4.69) is 19.9 Å². The van der Waals surface area contributed by atoms with E-state index in [0.29, 0.717) is 18.4 Å². The molecule has 2 bridgehead atoms. The van der Waals surface area contributed by atoms with Crippen LogP contribution in [0.4, 0.5) is 0 Å². The van der Waals surface area contributed by atoms with Gasteiger partial charge in [-0.15, -0.1) is 0 Å². The van der Waals surface area contributed by atoms with Gasteiger partial charge in [0, 0.05) is 5.41 Å². The van der Waals surface area contributed by atoms with Gasteiger partial charge in [0.2, 0.25) is 0 Å². The summed E-state index contributed by atoms with van der Waals surface area (Å²) < 4.78 is 6.41. The van der Waals surface area contributed by atoms with Gasteiger partial charge in [0.05, 0.1) is 25.9 Å². The zero-order valence-corrected chi connectivity index (χ0v) is 15.0. The summed E-state index contributed by atoms with van der Waals surface area (Å²) in [5.74, 6) is 0.770. The topological polar surface area (TPSA) is 69.9 Å². The molecule has 24 heavy (non-hydrogen) atoms. The first-order chi connectivity index (χ1) is 11.5. The largest absolute Gasteiger partial charge is 0.392 e. The van der Waals surface area contributed by atoms with Crippen LogP contribution in [-0.2, 0) is 4.74 Å². The predicted octanol–water partition coefficient (Wildman–Crippen LogP) is 2.58. The molecule has 1 aliphatic heterocycles. The zero-order valence-electron chi connectivity index (χ0n) is 15.0. The van der Waals surface area contributed by atoms with Crippen molar-refractivity contribution < 1.29 is 20.1 Å². The SMILES string of the molecule is CC1=CCC[C@@H]2[C@]3(CC/C(=C/CO)CO)CO[C@@]2(C1)[C@@H](O)C[C@H]3C. The van der Waals surface area contributed by atoms with Gasteiger partial charge in [-0.2, -0.15) is 0 Å². The molecular formula is C20H32O4. The smallest absolute Gasteiger partial charge is 0.101 e. The molecule has 4 nitrogen and oxygen atoms in total. The van der Waals surface area contributed by atoms with E-state index in [-0.39, 0.29) is 24.7 Å². The fourth-order valence-corrected chi connectivity index (χ4v) is 5.63. The van der Waals surface area contributed by atoms with Crippen molar-refractivity contribution >= 4 is 0 Å². The van der Waals surface area contributed by atoms with Gasteiger partial charge < -0.3 is 20.1 Å². The van der Waals surface area contributed by atoms with E-state index in [1.54, 1.807) is 6.08 Å². The van der Waals surface area contributed by atoms with Gasteiger partial charge in [-0.3, -0.25) is 0 Å². The molecule has 1 saturated carbocycles. The van der Waals surface area contributed by atoms with E-state index in [1.165, 1.54) is 5.57 Å². The molecule has 136 valence electrons. The second-order valence-electron chi connectivity index (χ2n) is 8.19. The number of hydrogen-bond donors (Lipinski definition) is 3. The molecule has 1 heterocycles. The summed E-state index contributed by atoms with van der Waals surface area (Å²) >= 11 is 0. The minimum absolute atomic E-state index is 0.00494. The summed E-state index contributed by atoms with van der Waals surface area (Å²) in [7, 11) is 0. The lowest BCUT2D eigenvalue weighted by Gasteiger charge is -2.51. The van der Waals surface area contributed by atoms with Crippen molar-refractivity contribution in [2.24, 2.45) is 17.3 Å². The van der Waals surface area contributed by atoms with Crippen molar-refractivity contribution in [2.75, 3.05) is 19.8 Å². The number of aliphatic hydroxyl groups is 3. The van der Waals surface area contributed by atoms with Gasteiger partial charge in [-0.25, -0.2) is 0 Å². The third kappa shape index (κ3) is 2.78. The van der Waals surface area contributed by atoms with Crippen LogP contribution < -0.4 is 0 Å². The average molecular weight is 336 g/mol. The Morgan fingerprint density at radius 2 is 2.21 bits per heavy atom. The summed E-state index contributed by atoms with van der Waals surface area (Å²) in [4.78, 5) is 0. The Morgan fingerprint density at radius 1 is 1.42 bits per heavy atom. The first-order valence-corrected chi connectivity index (χ1v) is 9.36. The van der Waals surface area contributed by atoms with Gasteiger partial charge in [0.1, 0.15) is 5.60 Å². The summed E-state index contributed by atoms with van der Waals surface area (Å²) in [5, 5.41) is 29.5. The predicted molar refractivity (Wildman–Crippen MR) is 93.5 cm³/mol. The van der Waals surface area contributed by atoms with E-state index in [0.717, 1.165) is 44.1 Å². The first kappa shape index (κ1) is 18.1. The third-order valence-corrected chi connectivity index (χ3v) is 7.01. The Kier molecular flexibility index (Phi) is 5.22. The molecule has 0 radical (unpaired) electrons. The maximum absolute atomic E-state index is 10.9. The summed E-state index contributed by atoms with van der Waals surface area (Å²) in [6, 6.07) is 0. The van der Waals surface area contributed by atoms with Crippen LogP contribution in [0, 0.1) is 17.3 Å². The van der Waals surface area contributed by atoms with Crippen LogP contribution >= 0.6 is 0 Å². The lowest BCUT2D eigenvalue weighted by molar-refractivity contribution is -0.134. The summed E-state index contributed by atoms with van der Waals surface area (Å²) in [6.07, 6.45) is 9.15. The molecule has 0 amide bonds. The van der Waals surface area contributed by atoms with Gasteiger partial charge >= 0.3 is 0 Å². The fourth-order valence-electron chi connectivity index (χ4n) is 5.63. The standard InChI is InChI=1S/C20H32O4/c1-14-4-3-5-17-19(8-6-16(12-22)7-9-21)13-24-20(17,11-14)18(23)10-15(19)2/h4,7,15,17-18,21-23H,3,5-6,8-13H2,1-2H3/b16-7-/t15-,17-,18+,19-,20-/m1/s1. The molecule has 3 aliphatic rings. The van der Waals surface area contributed by atoms with Crippen LogP contribution in [-0.4, -0.2) is 46.8 Å². The first-order valence-electron chi connectivity index (χ1n) is 9.36. The number of hydrogen-bond acceptors (Lipinski definition) is 4. The molecule has 0 aromatic carbocycles. The number of allylic oxidation sites excluding steroid dienone is 1. The molecule has 2 aliphatic carbocycles. The van der Waals surface area contributed by atoms with Crippen LogP contribution in [0.1, 0.15) is 52.4 Å². The van der Waals surface area contributed by atoms with Gasteiger partial charge in [0.25, 0.3) is 0 Å². The Bertz CT molecular complexity index is 526. The quantitative estimate of drug-likeness (QED) is 0.675. The molecule has 0 spiro atoms. The number of aliphatic hydroxyl groups excluding tert-OH is 3. The molecule has 3 rings (SSSR count). The van der Waals surface area contributed by atoms with Crippen molar-refractivity contribution in [2.45, 2.75) is 64.1 Å². The van der Waals surface area contributed by atoms with Crippen LogP contribution in [0.5, 0.6) is 0 Å². The Balaban J connectivity index is 1.88. The Morgan fingerprint density at radius 3 is 2.92 bits per heavy atom. The summed E-state index contributed by atoms with van der Waals surface area (Å²) in [6.45, 7) is 5.09. The highest BCUT2D eigenvalue weighted by Gasteiger charge is 2.65. The molecule has 5 atom stereocenters. The lowest BCUT2D eigenvalue weighted by Crippen LogP contribution is -2.56. The zero-order chi connectivity index (χ0) is 17.4. The molecular weight excluding hydrogens is 304 g/mol. The van der Waals surface area contributed by atoms with Crippen LogP contribution in [0.25, 0.3) is 0 Å². The molecule has 0 aromatic heterocycles. The highest BCUT2D eigenvalue weighted by molar-refractivity contribution is 5.21. The minimum Gasteiger partial charge on any atom is -0.392 e. The van der Waals surface area contributed by atoms with E-state index < -0.39 is 5.60 Å². The van der Waals surface area contributed by atoms with Crippen LogP contribution in [0.3, 0.4) is 0 Å². The highest BCUT2D eigenvalue weighted by Crippen LogP contribution is 2.63. The minimum atomic E-state index is -0.413. The monoisotopic (exact) mass is 336 g/mol. The van der Waals surface area contributed by atoms with E-state index in [1.807, 2.05) is 0 Å². The Hall–Kier alpha value is -0.680. The van der Waals surface area contributed by atoms with E-state index >= 15 is 0 Å². The normalized spacial score (nSPS) is 42.5. The Labute approximate surface area is 145 Å². The van der Waals surface area contributed by atoms with Crippen LogP contribution in [0.15, 0.2) is 23.3 Å². The molecule has 2 fully saturated rings. The third-order valence-electron chi connectivity index (χ3n) is 7.01. The van der Waals surface area contributed by atoms with Crippen LogP contribution in [0.2, 0.25) is 0 Å². The lowest BCUT2D eigenvalue weighted by atomic mass is 9.53. The maximum atomic E-state index is 10.9. The van der Waals surface area contributed by atoms with Crippen molar-refractivity contribution in [1.29, 1.82) is 0 Å². The van der Waals surface area contributed by atoms with Crippen molar-refractivity contribution in [3.05, 3.63) is 23.3 Å². The molecule has 0 aromatic rings. The van der Waals surface area contributed by atoms with Crippen molar-refractivity contribution in [3.63, 3.8) is 0 Å². The number of rotatable bonds is 5. The van der Waals surface area contributed by atoms with Gasteiger partial charge in [-0.1, -0.05) is 24.6 Å². The average Bonchev–Trinajstić information content (AvgIpc) is 2.68. The fraction of sp³-hybridized carbons (Fsp3) is 0.800. The molecule has 1 saturated heterocycles. The van der Waals surface area contributed by atoms with Gasteiger partial charge in [0.15, 0.2) is 0 Å². The molecule has 0 unspecified atom stereocenters. The van der Waals surface area contributed by atoms with E-state index in [9.17, 15) is 10.2 Å². The molecule has 3 N–H and O–H groups in total. The highest BCUT2D eigenvalue weighted by atomic mass is 16.5. The van der Waals surface area contributed by atoms with E-state index in [4.69, 9.17) is 9.84 Å². The molecule has 4 heteroatoms. The maximum Gasteiger partial charge on any atom is 0.101 e. The summed E-state index contributed by atoms with van der Waals surface area (Å²) in [5.41, 5.74) is 1.90. The van der Waals surface area contributed by atoms with Crippen molar-refractivity contribution in [3.8, 4) is 0 Å². The van der Waals surface area contributed by atoms with Gasteiger partial charge in [-0.05, 0) is 62.9 Å². The van der Waals surface area contributed by atoms with Crippen molar-refractivity contribution in [1.82, 2.24) is 0 Å². The number of ether oxygens (including phenoxy) is 1. The second kappa shape index (κ2) is 6.91.